The van der Waals surface area contributed by atoms with Gasteiger partial charge in [0, 0.05) is 5.41 Å². The van der Waals surface area contributed by atoms with Crippen LogP contribution >= 0.6 is 0 Å². The Hall–Kier alpha value is -0.930. The summed E-state index contributed by atoms with van der Waals surface area (Å²) in [6.07, 6.45) is 8.23. The number of hydrogen-bond acceptors (Lipinski definition) is 3. The predicted octanol–water partition coefficient (Wildman–Crippen LogP) is 2.06. The molecule has 2 aliphatic carbocycles. The molecule has 2 unspecified atom stereocenters. The minimum absolute atomic E-state index is 0.211. The van der Waals surface area contributed by atoms with Gasteiger partial charge in [0.15, 0.2) is 5.82 Å². The normalized spacial score (nSPS) is 40.3. The summed E-state index contributed by atoms with van der Waals surface area (Å²) >= 11 is 0. The van der Waals surface area contributed by atoms with Crippen LogP contribution in [0, 0.1) is 11.8 Å². The molecule has 0 radical (unpaired) electrons. The van der Waals surface area contributed by atoms with Crippen molar-refractivity contribution in [3.8, 4) is 0 Å². The Balaban J connectivity index is 1.84. The number of tetrazole rings is 1. The van der Waals surface area contributed by atoms with Gasteiger partial charge in [-0.05, 0) is 35.1 Å². The van der Waals surface area contributed by atoms with Gasteiger partial charge in [0.25, 0.3) is 0 Å². The van der Waals surface area contributed by atoms with Gasteiger partial charge in [0.1, 0.15) is 0 Å². The Morgan fingerprint density at radius 3 is 2.40 bits per heavy atom. The van der Waals surface area contributed by atoms with E-state index in [-0.39, 0.29) is 5.41 Å². The van der Waals surface area contributed by atoms with Crippen LogP contribution in [0.25, 0.3) is 0 Å². The van der Waals surface area contributed by atoms with Crippen LogP contribution in [0.1, 0.15) is 51.3 Å². The number of nitrogens with zero attached hydrogens (tertiary/aromatic N) is 3. The third-order valence-electron chi connectivity index (χ3n) is 4.41. The van der Waals surface area contributed by atoms with Crippen LogP contribution in [0.2, 0.25) is 0 Å². The quantitative estimate of drug-likeness (QED) is 0.765. The number of H-pyrrole nitrogens is 1. The van der Waals surface area contributed by atoms with Crippen LogP contribution in [0.5, 0.6) is 0 Å². The zero-order valence-electron chi connectivity index (χ0n) is 9.24. The third-order valence-corrected chi connectivity index (χ3v) is 4.41. The van der Waals surface area contributed by atoms with E-state index in [0.717, 1.165) is 17.7 Å². The number of hydrogen-bond donors (Lipinski definition) is 1. The topological polar surface area (TPSA) is 54.5 Å². The van der Waals surface area contributed by atoms with Gasteiger partial charge < -0.3 is 0 Å². The molecule has 2 fully saturated rings. The van der Waals surface area contributed by atoms with Crippen molar-refractivity contribution in [2.75, 3.05) is 0 Å². The molecule has 0 amide bonds. The highest BCUT2D eigenvalue weighted by atomic mass is 15.5. The molecule has 1 N–H and O–H groups in total. The van der Waals surface area contributed by atoms with E-state index >= 15 is 0 Å². The molecule has 3 rings (SSSR count). The Bertz CT molecular complexity index is 318. The first-order valence-electron chi connectivity index (χ1n) is 6.02. The van der Waals surface area contributed by atoms with E-state index in [0.29, 0.717) is 0 Å². The highest BCUT2D eigenvalue weighted by molar-refractivity contribution is 5.09. The second-order valence-corrected chi connectivity index (χ2v) is 5.52. The second-order valence-electron chi connectivity index (χ2n) is 5.52. The van der Waals surface area contributed by atoms with Gasteiger partial charge in [-0.15, -0.1) is 5.10 Å². The van der Waals surface area contributed by atoms with E-state index in [1.54, 1.807) is 0 Å². The standard InChI is InChI=1S/C11H18N4/c1-11(10-12-14-15-13-10)6-8-4-2-3-5-9(8)7-11/h8-9H,2-7H2,1H3,(H,12,13,14,15). The van der Waals surface area contributed by atoms with Crippen molar-refractivity contribution < 1.29 is 0 Å². The molecule has 0 saturated heterocycles. The lowest BCUT2D eigenvalue weighted by Gasteiger charge is -2.24. The van der Waals surface area contributed by atoms with Crippen LogP contribution in [0.15, 0.2) is 0 Å². The van der Waals surface area contributed by atoms with Crippen molar-refractivity contribution in [1.29, 1.82) is 0 Å². The van der Waals surface area contributed by atoms with Crippen LogP contribution in [0.3, 0.4) is 0 Å². The van der Waals surface area contributed by atoms with E-state index in [2.05, 4.69) is 27.5 Å². The SMILES string of the molecule is CC1(c2nnn[nH]2)CC2CCCCC2C1. The molecule has 1 heterocycles. The van der Waals surface area contributed by atoms with Gasteiger partial charge in [-0.1, -0.05) is 32.6 Å². The van der Waals surface area contributed by atoms with E-state index in [1.807, 2.05) is 0 Å². The smallest absolute Gasteiger partial charge is 0.154 e. The van der Waals surface area contributed by atoms with Gasteiger partial charge in [-0.3, -0.25) is 0 Å². The maximum Gasteiger partial charge on any atom is 0.154 e. The average molecular weight is 206 g/mol. The fourth-order valence-corrected chi connectivity index (χ4v) is 3.67. The summed E-state index contributed by atoms with van der Waals surface area (Å²) in [5.74, 6) is 2.85. The molecule has 1 aromatic heterocycles. The number of aromatic amines is 1. The minimum atomic E-state index is 0.211. The van der Waals surface area contributed by atoms with Gasteiger partial charge >= 0.3 is 0 Å². The van der Waals surface area contributed by atoms with Crippen molar-refractivity contribution >= 4 is 0 Å². The molecule has 4 nitrogen and oxygen atoms in total. The summed E-state index contributed by atoms with van der Waals surface area (Å²) in [5.41, 5.74) is 0.211. The zero-order chi connectivity index (χ0) is 10.3. The van der Waals surface area contributed by atoms with E-state index < -0.39 is 0 Å². The molecule has 1 aromatic rings. The molecular weight excluding hydrogens is 188 g/mol. The van der Waals surface area contributed by atoms with Crippen molar-refractivity contribution in [2.24, 2.45) is 11.8 Å². The zero-order valence-corrected chi connectivity index (χ0v) is 9.24. The second kappa shape index (κ2) is 3.29. The summed E-state index contributed by atoms with van der Waals surface area (Å²) in [5, 5.41) is 14.5. The minimum Gasteiger partial charge on any atom is -0.242 e. The fraction of sp³-hybridized carbons (Fsp3) is 0.909. The molecule has 2 atom stereocenters. The summed E-state index contributed by atoms with van der Waals surface area (Å²) in [6.45, 7) is 2.31. The Morgan fingerprint density at radius 2 is 1.87 bits per heavy atom. The van der Waals surface area contributed by atoms with Gasteiger partial charge in [0.2, 0.25) is 0 Å². The van der Waals surface area contributed by atoms with Crippen LogP contribution in [-0.4, -0.2) is 20.6 Å². The van der Waals surface area contributed by atoms with Crippen molar-refractivity contribution in [3.05, 3.63) is 5.82 Å². The fourth-order valence-electron chi connectivity index (χ4n) is 3.67. The Morgan fingerprint density at radius 1 is 1.20 bits per heavy atom. The van der Waals surface area contributed by atoms with Crippen LogP contribution < -0.4 is 0 Å². The van der Waals surface area contributed by atoms with Crippen LogP contribution in [-0.2, 0) is 5.41 Å². The summed E-state index contributed by atoms with van der Waals surface area (Å²) < 4.78 is 0. The number of rotatable bonds is 1. The third kappa shape index (κ3) is 1.46. The molecule has 0 spiro atoms. The van der Waals surface area contributed by atoms with Crippen molar-refractivity contribution in [1.82, 2.24) is 20.6 Å². The molecule has 0 aromatic carbocycles. The lowest BCUT2D eigenvalue weighted by Crippen LogP contribution is -2.20. The monoisotopic (exact) mass is 206 g/mol. The molecule has 15 heavy (non-hydrogen) atoms. The van der Waals surface area contributed by atoms with E-state index in [9.17, 15) is 0 Å². The first-order chi connectivity index (χ1) is 7.28. The first-order valence-corrected chi connectivity index (χ1v) is 6.02. The summed E-state index contributed by atoms with van der Waals surface area (Å²) in [6, 6.07) is 0. The highest BCUT2D eigenvalue weighted by Crippen LogP contribution is 2.51. The molecule has 0 bridgehead atoms. The lowest BCUT2D eigenvalue weighted by atomic mass is 9.82. The van der Waals surface area contributed by atoms with Gasteiger partial charge in [-0.2, -0.15) is 0 Å². The molecule has 2 aliphatic rings. The average Bonchev–Trinajstić information content (AvgIpc) is 2.83. The predicted molar refractivity (Wildman–Crippen MR) is 56.2 cm³/mol. The molecule has 82 valence electrons. The molecule has 4 heteroatoms. The lowest BCUT2D eigenvalue weighted by molar-refractivity contribution is 0.277. The maximum atomic E-state index is 4.11. The van der Waals surface area contributed by atoms with Crippen molar-refractivity contribution in [2.45, 2.75) is 50.9 Å². The largest absolute Gasteiger partial charge is 0.242 e. The number of nitrogens with one attached hydrogen (secondary N) is 1. The van der Waals surface area contributed by atoms with E-state index in [4.69, 9.17) is 0 Å². The Labute approximate surface area is 89.8 Å². The highest BCUT2D eigenvalue weighted by Gasteiger charge is 2.45. The number of fused-ring (bicyclic) bond motifs is 1. The Kier molecular flexibility index (Phi) is 2.04. The number of aromatic nitrogens is 4. The van der Waals surface area contributed by atoms with Gasteiger partial charge in [0.05, 0.1) is 0 Å². The van der Waals surface area contributed by atoms with Crippen molar-refractivity contribution in [3.63, 3.8) is 0 Å². The summed E-state index contributed by atoms with van der Waals surface area (Å²) in [7, 11) is 0. The summed E-state index contributed by atoms with van der Waals surface area (Å²) in [4.78, 5) is 0. The van der Waals surface area contributed by atoms with Gasteiger partial charge in [-0.25, -0.2) is 5.10 Å². The first kappa shape index (κ1) is 9.31. The molecule has 2 saturated carbocycles. The molecular formula is C11H18N4. The maximum absolute atomic E-state index is 4.11. The molecule has 0 aliphatic heterocycles. The van der Waals surface area contributed by atoms with Crippen LogP contribution in [0.4, 0.5) is 0 Å². The van der Waals surface area contributed by atoms with E-state index in [1.165, 1.54) is 38.5 Å².